The number of morpholine rings is 1. The van der Waals surface area contributed by atoms with Crippen molar-refractivity contribution in [3.05, 3.63) is 65.2 Å². The Hall–Kier alpha value is -2.88. The summed E-state index contributed by atoms with van der Waals surface area (Å²) in [6.45, 7) is 10.2. The minimum Gasteiger partial charge on any atom is -0.478 e. The highest BCUT2D eigenvalue weighted by Crippen LogP contribution is 2.40. The zero-order valence-electron chi connectivity index (χ0n) is 19.1. The van der Waals surface area contributed by atoms with Gasteiger partial charge < -0.3 is 14.4 Å². The molecule has 0 spiro atoms. The average molecular weight is 434 g/mol. The maximum absolute atomic E-state index is 13.3. The van der Waals surface area contributed by atoms with Crippen LogP contribution >= 0.6 is 0 Å². The molecule has 2 atom stereocenters. The largest absolute Gasteiger partial charge is 0.478 e. The van der Waals surface area contributed by atoms with E-state index in [2.05, 4.69) is 31.7 Å². The number of rotatable bonds is 7. The number of para-hydroxylation sites is 1. The van der Waals surface area contributed by atoms with E-state index in [4.69, 9.17) is 9.47 Å². The summed E-state index contributed by atoms with van der Waals surface area (Å²) < 4.78 is 11.8. The molecule has 2 aromatic rings. The molecule has 2 aromatic carbocycles. The van der Waals surface area contributed by atoms with Crippen LogP contribution in [0.5, 0.6) is 5.75 Å². The molecular formula is C26H31N3O3. The molecule has 2 heterocycles. The van der Waals surface area contributed by atoms with Crippen LogP contribution in [-0.2, 0) is 16.0 Å². The fraction of sp³-hybridized carbons (Fsp3) is 0.462. The van der Waals surface area contributed by atoms with Crippen molar-refractivity contribution >= 4 is 5.91 Å². The highest BCUT2D eigenvalue weighted by Gasteiger charge is 2.52. The van der Waals surface area contributed by atoms with Crippen LogP contribution in [0.4, 0.5) is 0 Å². The normalized spacial score (nSPS) is 21.7. The Morgan fingerprint density at radius 1 is 1.12 bits per heavy atom. The molecule has 0 bridgehead atoms. The molecule has 6 nitrogen and oxygen atoms in total. The molecule has 4 rings (SSSR count). The number of aryl methyl sites for hydroxylation is 1. The first-order valence-electron chi connectivity index (χ1n) is 11.3. The lowest BCUT2D eigenvalue weighted by Crippen LogP contribution is -2.66. The van der Waals surface area contributed by atoms with Gasteiger partial charge >= 0.3 is 0 Å². The van der Waals surface area contributed by atoms with Crippen LogP contribution in [0, 0.1) is 11.3 Å². The molecule has 2 aliphatic rings. The number of hydrogen-bond donors (Lipinski definition) is 0. The Bertz CT molecular complexity index is 990. The lowest BCUT2D eigenvalue weighted by molar-refractivity contribution is -0.168. The number of β-lactam (4-membered cyclic amide) rings is 1. The highest BCUT2D eigenvalue weighted by atomic mass is 16.5. The third-order valence-corrected chi connectivity index (χ3v) is 6.56. The first kappa shape index (κ1) is 22.3. The molecule has 0 aromatic heterocycles. The number of nitriles is 1. The van der Waals surface area contributed by atoms with E-state index >= 15 is 0 Å². The maximum Gasteiger partial charge on any atom is 0.266 e. The summed E-state index contributed by atoms with van der Waals surface area (Å²) in [5, 5.41) is 9.18. The molecule has 2 fully saturated rings. The number of hydrogen-bond acceptors (Lipinski definition) is 5. The first-order valence-corrected chi connectivity index (χ1v) is 11.3. The van der Waals surface area contributed by atoms with Crippen molar-refractivity contribution in [1.82, 2.24) is 9.80 Å². The van der Waals surface area contributed by atoms with Gasteiger partial charge in [0, 0.05) is 25.2 Å². The van der Waals surface area contributed by atoms with E-state index in [1.807, 2.05) is 41.3 Å². The SMILES string of the molecule is CCc1ccccc1O[C@H]1C(=O)N(CC(C)(C)N2CCOCC2)[C@@H]1c1ccc(C#N)cc1. The van der Waals surface area contributed by atoms with Crippen molar-refractivity contribution in [2.24, 2.45) is 0 Å². The smallest absolute Gasteiger partial charge is 0.266 e. The van der Waals surface area contributed by atoms with E-state index < -0.39 is 6.10 Å². The number of benzene rings is 2. The molecule has 0 N–H and O–H groups in total. The molecule has 0 unspecified atom stereocenters. The van der Waals surface area contributed by atoms with E-state index in [0.29, 0.717) is 12.1 Å². The van der Waals surface area contributed by atoms with Gasteiger partial charge in [0.15, 0.2) is 0 Å². The standard InChI is InChI=1S/C26H31N3O3/c1-4-20-7-5-6-8-22(20)32-24-23(21-11-9-19(17-27)10-12-21)29(25(24)30)18-26(2,3)28-13-15-31-16-14-28/h5-12,23-24H,4,13-16,18H2,1-3H3/t23-,24-/m1/s1. The Kier molecular flexibility index (Phi) is 6.50. The summed E-state index contributed by atoms with van der Waals surface area (Å²) in [6, 6.07) is 17.4. The Balaban J connectivity index is 1.60. The molecule has 168 valence electrons. The zero-order valence-corrected chi connectivity index (χ0v) is 19.1. The average Bonchev–Trinajstić information content (AvgIpc) is 2.84. The second kappa shape index (κ2) is 9.32. The predicted octanol–water partition coefficient (Wildman–Crippen LogP) is 3.56. The summed E-state index contributed by atoms with van der Waals surface area (Å²) >= 11 is 0. The number of nitrogens with zero attached hydrogens (tertiary/aromatic N) is 3. The van der Waals surface area contributed by atoms with Gasteiger partial charge in [0.05, 0.1) is 24.8 Å². The number of carbonyl (C=O) groups is 1. The lowest BCUT2D eigenvalue weighted by atomic mass is 9.87. The van der Waals surface area contributed by atoms with Crippen LogP contribution in [0.1, 0.15) is 43.5 Å². The van der Waals surface area contributed by atoms with Crippen molar-refractivity contribution in [2.75, 3.05) is 32.8 Å². The predicted molar refractivity (Wildman–Crippen MR) is 122 cm³/mol. The van der Waals surface area contributed by atoms with E-state index in [1.54, 1.807) is 12.1 Å². The minimum absolute atomic E-state index is 0.00611. The lowest BCUT2D eigenvalue weighted by Gasteiger charge is -2.52. The van der Waals surface area contributed by atoms with Crippen molar-refractivity contribution in [3.63, 3.8) is 0 Å². The minimum atomic E-state index is -0.573. The first-order chi connectivity index (χ1) is 15.4. The van der Waals surface area contributed by atoms with Gasteiger partial charge in [-0.05, 0) is 49.6 Å². The number of ether oxygens (including phenoxy) is 2. The number of carbonyl (C=O) groups excluding carboxylic acids is 1. The van der Waals surface area contributed by atoms with Gasteiger partial charge in [-0.2, -0.15) is 5.26 Å². The Morgan fingerprint density at radius 2 is 1.81 bits per heavy atom. The fourth-order valence-corrected chi connectivity index (χ4v) is 4.65. The van der Waals surface area contributed by atoms with Crippen LogP contribution in [0.15, 0.2) is 48.5 Å². The molecule has 2 saturated heterocycles. The number of likely N-dealkylation sites (tertiary alicyclic amines) is 1. The highest BCUT2D eigenvalue weighted by molar-refractivity contribution is 5.89. The Morgan fingerprint density at radius 3 is 2.47 bits per heavy atom. The van der Waals surface area contributed by atoms with Crippen LogP contribution < -0.4 is 4.74 Å². The van der Waals surface area contributed by atoms with Crippen LogP contribution in [0.3, 0.4) is 0 Å². The van der Waals surface area contributed by atoms with E-state index in [9.17, 15) is 10.1 Å². The summed E-state index contributed by atoms with van der Waals surface area (Å²) in [7, 11) is 0. The molecule has 0 saturated carbocycles. The van der Waals surface area contributed by atoms with Crippen LogP contribution in [-0.4, -0.2) is 60.2 Å². The van der Waals surface area contributed by atoms with Gasteiger partial charge in [-0.15, -0.1) is 0 Å². The van der Waals surface area contributed by atoms with E-state index in [1.165, 1.54) is 0 Å². The summed E-state index contributed by atoms with van der Waals surface area (Å²) in [5.41, 5.74) is 2.50. The van der Waals surface area contributed by atoms with Gasteiger partial charge in [-0.25, -0.2) is 0 Å². The quantitative estimate of drug-likeness (QED) is 0.625. The Labute approximate surface area is 190 Å². The number of amides is 1. The second-order valence-corrected chi connectivity index (χ2v) is 9.06. The molecular weight excluding hydrogens is 402 g/mol. The van der Waals surface area contributed by atoms with E-state index in [0.717, 1.165) is 49.6 Å². The van der Waals surface area contributed by atoms with Crippen molar-refractivity contribution in [1.29, 1.82) is 5.26 Å². The maximum atomic E-state index is 13.3. The molecule has 32 heavy (non-hydrogen) atoms. The summed E-state index contributed by atoms with van der Waals surface area (Å²) in [4.78, 5) is 17.7. The van der Waals surface area contributed by atoms with Gasteiger partial charge in [0.2, 0.25) is 6.10 Å². The third kappa shape index (κ3) is 4.36. The molecule has 6 heteroatoms. The van der Waals surface area contributed by atoms with Gasteiger partial charge in [0.1, 0.15) is 11.8 Å². The third-order valence-electron chi connectivity index (χ3n) is 6.56. The molecule has 2 aliphatic heterocycles. The zero-order chi connectivity index (χ0) is 22.7. The van der Waals surface area contributed by atoms with Gasteiger partial charge in [-0.1, -0.05) is 37.3 Å². The molecule has 0 aliphatic carbocycles. The second-order valence-electron chi connectivity index (χ2n) is 9.06. The van der Waals surface area contributed by atoms with E-state index in [-0.39, 0.29) is 17.5 Å². The molecule has 1 amide bonds. The van der Waals surface area contributed by atoms with Crippen molar-refractivity contribution < 1.29 is 14.3 Å². The van der Waals surface area contributed by atoms with Gasteiger partial charge in [-0.3, -0.25) is 9.69 Å². The van der Waals surface area contributed by atoms with Crippen LogP contribution in [0.25, 0.3) is 0 Å². The van der Waals surface area contributed by atoms with Gasteiger partial charge in [0.25, 0.3) is 5.91 Å². The monoisotopic (exact) mass is 433 g/mol. The molecule has 0 radical (unpaired) electrons. The summed E-state index contributed by atoms with van der Waals surface area (Å²) in [5.74, 6) is 0.769. The van der Waals surface area contributed by atoms with Crippen LogP contribution in [0.2, 0.25) is 0 Å². The van der Waals surface area contributed by atoms with Crippen molar-refractivity contribution in [3.8, 4) is 11.8 Å². The summed E-state index contributed by atoms with van der Waals surface area (Å²) in [6.07, 6.45) is 0.267. The topological polar surface area (TPSA) is 65.8 Å². The van der Waals surface area contributed by atoms with Crippen molar-refractivity contribution in [2.45, 2.75) is 44.9 Å². The fourth-order valence-electron chi connectivity index (χ4n) is 4.65.